The van der Waals surface area contributed by atoms with Gasteiger partial charge >= 0.3 is 0 Å². The van der Waals surface area contributed by atoms with Crippen LogP contribution in [0.4, 0.5) is 0 Å². The molecule has 0 atom stereocenters. The maximum absolute atomic E-state index is 10.7. The average Bonchev–Trinajstić information content (AvgIpc) is 2.03. The second-order valence-electron chi connectivity index (χ2n) is 1.91. The fourth-order valence-corrected chi connectivity index (χ4v) is 0.689. The zero-order chi connectivity index (χ0) is 8.27. The SMILES string of the molecule is N#Cc1cc(=O)cc(C=O)[nH]1. The summed E-state index contributed by atoms with van der Waals surface area (Å²) in [4.78, 5) is 23.3. The molecule has 0 aliphatic carbocycles. The Kier molecular flexibility index (Phi) is 1.83. The van der Waals surface area contributed by atoms with Crippen LogP contribution in [0.2, 0.25) is 0 Å². The van der Waals surface area contributed by atoms with Crippen LogP contribution in [0, 0.1) is 11.3 Å². The average molecular weight is 148 g/mol. The molecule has 1 aromatic heterocycles. The van der Waals surface area contributed by atoms with Gasteiger partial charge in [-0.15, -0.1) is 0 Å². The van der Waals surface area contributed by atoms with Crippen molar-refractivity contribution in [3.05, 3.63) is 33.7 Å². The van der Waals surface area contributed by atoms with Crippen LogP contribution in [0.15, 0.2) is 16.9 Å². The number of aromatic amines is 1. The van der Waals surface area contributed by atoms with E-state index in [2.05, 4.69) is 4.98 Å². The third-order valence-electron chi connectivity index (χ3n) is 1.11. The summed E-state index contributed by atoms with van der Waals surface area (Å²) in [6.07, 6.45) is 0.488. The lowest BCUT2D eigenvalue weighted by Gasteiger charge is -1.89. The van der Waals surface area contributed by atoms with Crippen molar-refractivity contribution in [2.75, 3.05) is 0 Å². The zero-order valence-electron chi connectivity index (χ0n) is 5.50. The summed E-state index contributed by atoms with van der Waals surface area (Å²) in [7, 11) is 0. The van der Waals surface area contributed by atoms with E-state index in [1.165, 1.54) is 0 Å². The summed E-state index contributed by atoms with van der Waals surface area (Å²) in [6, 6.07) is 3.99. The van der Waals surface area contributed by atoms with E-state index < -0.39 is 0 Å². The predicted octanol–water partition coefficient (Wildman–Crippen LogP) is 0.0591. The molecule has 54 valence electrons. The van der Waals surface area contributed by atoms with Crippen LogP contribution in [-0.2, 0) is 0 Å². The Morgan fingerprint density at radius 1 is 1.55 bits per heavy atom. The molecule has 4 nitrogen and oxygen atoms in total. The van der Waals surface area contributed by atoms with Crippen LogP contribution >= 0.6 is 0 Å². The lowest BCUT2D eigenvalue weighted by Crippen LogP contribution is -2.03. The first-order chi connectivity index (χ1) is 5.26. The molecule has 1 rings (SSSR count). The molecule has 1 N–H and O–H groups in total. The first-order valence-electron chi connectivity index (χ1n) is 2.86. The maximum atomic E-state index is 10.7. The monoisotopic (exact) mass is 148 g/mol. The smallest absolute Gasteiger partial charge is 0.183 e. The molecular formula is C7H4N2O2. The molecule has 0 unspecified atom stereocenters. The summed E-state index contributed by atoms with van der Waals surface area (Å²) in [6.45, 7) is 0. The first kappa shape index (κ1) is 7.22. The van der Waals surface area contributed by atoms with Gasteiger partial charge in [-0.05, 0) is 0 Å². The highest BCUT2D eigenvalue weighted by atomic mass is 16.1. The van der Waals surface area contributed by atoms with Crippen molar-refractivity contribution in [3.63, 3.8) is 0 Å². The van der Waals surface area contributed by atoms with Crippen LogP contribution in [0.5, 0.6) is 0 Å². The van der Waals surface area contributed by atoms with E-state index in [1.54, 1.807) is 6.07 Å². The number of aromatic nitrogens is 1. The van der Waals surface area contributed by atoms with E-state index in [1.807, 2.05) is 0 Å². The molecule has 0 fully saturated rings. The van der Waals surface area contributed by atoms with Gasteiger partial charge in [-0.3, -0.25) is 9.59 Å². The summed E-state index contributed by atoms with van der Waals surface area (Å²) >= 11 is 0. The van der Waals surface area contributed by atoms with E-state index >= 15 is 0 Å². The van der Waals surface area contributed by atoms with Gasteiger partial charge in [-0.2, -0.15) is 5.26 Å². The molecule has 0 bridgehead atoms. The van der Waals surface area contributed by atoms with E-state index in [0.717, 1.165) is 12.1 Å². The van der Waals surface area contributed by atoms with Gasteiger partial charge in [-0.25, -0.2) is 0 Å². The Morgan fingerprint density at radius 2 is 2.27 bits per heavy atom. The molecule has 0 saturated carbocycles. The fourth-order valence-electron chi connectivity index (χ4n) is 0.689. The Hall–Kier alpha value is -1.89. The molecule has 11 heavy (non-hydrogen) atoms. The highest BCUT2D eigenvalue weighted by Crippen LogP contribution is 1.88. The summed E-state index contributed by atoms with van der Waals surface area (Å²) in [5, 5.41) is 8.35. The van der Waals surface area contributed by atoms with Crippen molar-refractivity contribution in [2.24, 2.45) is 0 Å². The van der Waals surface area contributed by atoms with Gasteiger partial charge < -0.3 is 4.98 Å². The number of carbonyl (C=O) groups is 1. The van der Waals surface area contributed by atoms with Crippen LogP contribution in [0.3, 0.4) is 0 Å². The molecule has 0 saturated heterocycles. The Morgan fingerprint density at radius 3 is 2.82 bits per heavy atom. The Balaban J connectivity index is 3.37. The van der Waals surface area contributed by atoms with Crippen LogP contribution < -0.4 is 5.43 Å². The van der Waals surface area contributed by atoms with E-state index in [0.29, 0.717) is 6.29 Å². The minimum absolute atomic E-state index is 0.0969. The van der Waals surface area contributed by atoms with Gasteiger partial charge in [0.15, 0.2) is 11.7 Å². The molecule has 0 spiro atoms. The van der Waals surface area contributed by atoms with Gasteiger partial charge in [0, 0.05) is 12.1 Å². The minimum atomic E-state index is -0.345. The third kappa shape index (κ3) is 1.52. The number of hydrogen-bond acceptors (Lipinski definition) is 3. The second kappa shape index (κ2) is 2.80. The highest BCUT2D eigenvalue weighted by Gasteiger charge is 1.95. The molecule has 1 aromatic rings. The lowest BCUT2D eigenvalue weighted by atomic mass is 10.3. The number of hydrogen-bond donors (Lipinski definition) is 1. The van der Waals surface area contributed by atoms with Gasteiger partial charge in [0.1, 0.15) is 11.8 Å². The number of rotatable bonds is 1. The number of H-pyrrole nitrogens is 1. The summed E-state index contributed by atoms with van der Waals surface area (Å²) in [5.41, 5.74) is -0.129. The Labute approximate surface area is 62.1 Å². The van der Waals surface area contributed by atoms with E-state index in [9.17, 15) is 9.59 Å². The molecule has 0 aliphatic rings. The van der Waals surface area contributed by atoms with Crippen molar-refractivity contribution in [1.82, 2.24) is 4.98 Å². The molecule has 0 aromatic carbocycles. The number of aldehydes is 1. The predicted molar refractivity (Wildman–Crippen MR) is 37.2 cm³/mol. The number of nitriles is 1. The Bertz CT molecular complexity index is 373. The molecule has 4 heteroatoms. The van der Waals surface area contributed by atoms with Crippen molar-refractivity contribution in [1.29, 1.82) is 5.26 Å². The van der Waals surface area contributed by atoms with Crippen molar-refractivity contribution < 1.29 is 4.79 Å². The van der Waals surface area contributed by atoms with Crippen molar-refractivity contribution >= 4 is 6.29 Å². The van der Waals surface area contributed by atoms with E-state index in [4.69, 9.17) is 5.26 Å². The van der Waals surface area contributed by atoms with E-state index in [-0.39, 0.29) is 16.8 Å². The summed E-state index contributed by atoms with van der Waals surface area (Å²) < 4.78 is 0. The number of pyridine rings is 1. The zero-order valence-corrected chi connectivity index (χ0v) is 5.50. The van der Waals surface area contributed by atoms with Crippen LogP contribution in [-0.4, -0.2) is 11.3 Å². The standard InChI is InChI=1S/C7H4N2O2/c8-3-5-1-7(11)2-6(4-10)9-5/h1-2,4H,(H,9,11). The van der Waals surface area contributed by atoms with Gasteiger partial charge in [0.05, 0.1) is 5.69 Å². The molecule has 0 aliphatic heterocycles. The largest absolute Gasteiger partial charge is 0.344 e. The molecule has 0 radical (unpaired) electrons. The number of carbonyl (C=O) groups excluding carboxylic acids is 1. The topological polar surface area (TPSA) is 73.7 Å². The number of nitrogens with zero attached hydrogens (tertiary/aromatic N) is 1. The maximum Gasteiger partial charge on any atom is 0.183 e. The molecule has 1 heterocycles. The van der Waals surface area contributed by atoms with Crippen LogP contribution in [0.1, 0.15) is 16.2 Å². The van der Waals surface area contributed by atoms with Crippen molar-refractivity contribution in [2.45, 2.75) is 0 Å². The molecule has 0 amide bonds. The van der Waals surface area contributed by atoms with Crippen LogP contribution in [0.25, 0.3) is 0 Å². The van der Waals surface area contributed by atoms with Gasteiger partial charge in [-0.1, -0.05) is 0 Å². The quantitative estimate of drug-likeness (QED) is 0.572. The fraction of sp³-hybridized carbons (Fsp3) is 0. The highest BCUT2D eigenvalue weighted by molar-refractivity contribution is 5.71. The third-order valence-corrected chi connectivity index (χ3v) is 1.11. The summed E-state index contributed by atoms with van der Waals surface area (Å²) in [5.74, 6) is 0. The normalized spacial score (nSPS) is 8.64. The first-order valence-corrected chi connectivity index (χ1v) is 2.86. The minimum Gasteiger partial charge on any atom is -0.344 e. The van der Waals surface area contributed by atoms with Gasteiger partial charge in [0.25, 0.3) is 0 Å². The van der Waals surface area contributed by atoms with Gasteiger partial charge in [0.2, 0.25) is 0 Å². The lowest BCUT2D eigenvalue weighted by molar-refractivity contribution is 0.111. The van der Waals surface area contributed by atoms with Crippen molar-refractivity contribution in [3.8, 4) is 6.07 Å². The number of nitrogens with one attached hydrogen (secondary N) is 1. The molecular weight excluding hydrogens is 144 g/mol. The second-order valence-corrected chi connectivity index (χ2v) is 1.91.